The average molecular weight is 347 g/mol. The normalized spacial score (nSPS) is 14.0. The molecule has 0 saturated heterocycles. The molecule has 0 bridgehead atoms. The topological polar surface area (TPSA) is 75.4 Å². The van der Waals surface area contributed by atoms with Gasteiger partial charge in [-0.3, -0.25) is 9.48 Å². The highest BCUT2D eigenvalue weighted by molar-refractivity contribution is 7.16. The van der Waals surface area contributed by atoms with E-state index in [1.807, 2.05) is 29.6 Å². The van der Waals surface area contributed by atoms with Crippen molar-refractivity contribution >= 4 is 23.2 Å². The maximum Gasteiger partial charge on any atom is 0.346 e. The van der Waals surface area contributed by atoms with Gasteiger partial charge in [0.2, 0.25) is 0 Å². The van der Waals surface area contributed by atoms with Crippen LogP contribution in [0.25, 0.3) is 0 Å². The minimum absolute atomic E-state index is 0.0817. The molecule has 2 aromatic rings. The molecule has 0 unspecified atom stereocenters. The van der Waals surface area contributed by atoms with Crippen LogP contribution in [0, 0.1) is 13.8 Å². The van der Waals surface area contributed by atoms with Crippen LogP contribution in [0.1, 0.15) is 55.9 Å². The molecule has 1 aliphatic carbocycles. The number of aryl methyl sites for hydroxylation is 3. The summed E-state index contributed by atoms with van der Waals surface area (Å²) < 4.78 is 1.87. The Morgan fingerprint density at radius 3 is 2.62 bits per heavy atom. The second-order valence-electron chi connectivity index (χ2n) is 6.19. The monoisotopic (exact) mass is 347 g/mol. The molecule has 0 spiro atoms. The number of amides is 1. The minimum Gasteiger partial charge on any atom is -0.477 e. The van der Waals surface area contributed by atoms with Gasteiger partial charge in [-0.1, -0.05) is 0 Å². The predicted octanol–water partition coefficient (Wildman–Crippen LogP) is 3.08. The van der Waals surface area contributed by atoms with Crippen molar-refractivity contribution in [2.45, 2.75) is 52.7 Å². The van der Waals surface area contributed by atoms with Crippen molar-refractivity contribution in [1.82, 2.24) is 14.7 Å². The maximum absolute atomic E-state index is 12.9. The van der Waals surface area contributed by atoms with E-state index in [1.165, 1.54) is 0 Å². The summed E-state index contributed by atoms with van der Waals surface area (Å²) in [7, 11) is 0. The van der Waals surface area contributed by atoms with E-state index >= 15 is 0 Å². The molecular weight excluding hydrogens is 326 g/mol. The molecule has 3 rings (SSSR count). The quantitative estimate of drug-likeness (QED) is 0.871. The Morgan fingerprint density at radius 2 is 2.12 bits per heavy atom. The number of hydrogen-bond donors (Lipinski definition) is 1. The summed E-state index contributed by atoms with van der Waals surface area (Å²) in [5.74, 6) is -1.06. The van der Waals surface area contributed by atoms with Crippen molar-refractivity contribution in [1.29, 1.82) is 0 Å². The van der Waals surface area contributed by atoms with Gasteiger partial charge in [-0.15, -0.1) is 11.3 Å². The van der Waals surface area contributed by atoms with Crippen LogP contribution < -0.4 is 0 Å². The number of carboxylic acids is 1. The second kappa shape index (κ2) is 6.39. The number of nitrogens with zero attached hydrogens (tertiary/aromatic N) is 3. The highest BCUT2D eigenvalue weighted by atomic mass is 32.1. The first-order chi connectivity index (χ1) is 11.4. The van der Waals surface area contributed by atoms with Crippen LogP contribution in [0.4, 0.5) is 0 Å². The Bertz CT molecular complexity index is 789. The van der Waals surface area contributed by atoms with Gasteiger partial charge < -0.3 is 10.0 Å². The highest BCUT2D eigenvalue weighted by Gasteiger charge is 2.34. The van der Waals surface area contributed by atoms with Crippen molar-refractivity contribution in [2.24, 2.45) is 0 Å². The third-order valence-corrected chi connectivity index (χ3v) is 5.50. The fraction of sp³-hybridized carbons (Fsp3) is 0.471. The molecule has 6 nitrogen and oxygen atoms in total. The van der Waals surface area contributed by atoms with Crippen molar-refractivity contribution in [3.8, 4) is 0 Å². The molecule has 1 fully saturated rings. The fourth-order valence-electron chi connectivity index (χ4n) is 2.75. The van der Waals surface area contributed by atoms with Gasteiger partial charge >= 0.3 is 5.97 Å². The van der Waals surface area contributed by atoms with Crippen LogP contribution in [-0.2, 0) is 13.1 Å². The van der Waals surface area contributed by atoms with Gasteiger partial charge in [-0.2, -0.15) is 5.10 Å². The van der Waals surface area contributed by atoms with E-state index in [0.717, 1.165) is 42.0 Å². The number of carbonyl (C=O) groups is 2. The molecule has 0 aromatic carbocycles. The third kappa shape index (κ3) is 3.21. The van der Waals surface area contributed by atoms with E-state index in [4.69, 9.17) is 0 Å². The average Bonchev–Trinajstić information content (AvgIpc) is 3.21. The number of hydrogen-bond acceptors (Lipinski definition) is 4. The summed E-state index contributed by atoms with van der Waals surface area (Å²) in [6.07, 6.45) is 3.99. The zero-order valence-corrected chi connectivity index (χ0v) is 14.9. The first kappa shape index (κ1) is 16.7. The Morgan fingerprint density at radius 1 is 1.42 bits per heavy atom. The number of aromatic nitrogens is 2. The van der Waals surface area contributed by atoms with Gasteiger partial charge in [0.15, 0.2) is 0 Å². The molecular formula is C17H21N3O3S. The number of rotatable bonds is 6. The van der Waals surface area contributed by atoms with Crippen LogP contribution in [0.3, 0.4) is 0 Å². The molecule has 24 heavy (non-hydrogen) atoms. The van der Waals surface area contributed by atoms with Gasteiger partial charge in [0, 0.05) is 30.9 Å². The Kier molecular flexibility index (Phi) is 4.45. The summed E-state index contributed by atoms with van der Waals surface area (Å²) in [6, 6.07) is 1.94. The summed E-state index contributed by atoms with van der Waals surface area (Å²) in [5.41, 5.74) is 2.62. The molecule has 2 heterocycles. The summed E-state index contributed by atoms with van der Waals surface area (Å²) in [6.45, 7) is 7.03. The maximum atomic E-state index is 12.9. The van der Waals surface area contributed by atoms with Crippen LogP contribution in [-0.4, -0.2) is 37.7 Å². The van der Waals surface area contributed by atoms with E-state index in [2.05, 4.69) is 5.10 Å². The molecule has 128 valence electrons. The Labute approximate surface area is 144 Å². The SMILES string of the molecule is CCn1cc(CN(C(=O)c2cc(C)c(C(=O)O)s2)C2CC2)c(C)n1. The zero-order valence-electron chi connectivity index (χ0n) is 14.1. The van der Waals surface area contributed by atoms with Gasteiger partial charge in [0.05, 0.1) is 10.6 Å². The van der Waals surface area contributed by atoms with Gasteiger partial charge in [0.25, 0.3) is 5.91 Å². The Balaban J connectivity index is 1.85. The molecule has 1 amide bonds. The van der Waals surface area contributed by atoms with Crippen molar-refractivity contribution in [3.05, 3.63) is 38.8 Å². The molecule has 1 aliphatic rings. The zero-order chi connectivity index (χ0) is 17.4. The summed E-state index contributed by atoms with van der Waals surface area (Å²) >= 11 is 1.06. The second-order valence-corrected chi connectivity index (χ2v) is 7.24. The summed E-state index contributed by atoms with van der Waals surface area (Å²) in [4.78, 5) is 26.7. The first-order valence-electron chi connectivity index (χ1n) is 8.08. The lowest BCUT2D eigenvalue weighted by Crippen LogP contribution is -2.32. The molecule has 2 aromatic heterocycles. The summed E-state index contributed by atoms with van der Waals surface area (Å²) in [5, 5.41) is 13.6. The molecule has 0 radical (unpaired) electrons. The van der Waals surface area contributed by atoms with E-state index in [0.29, 0.717) is 17.0 Å². The Hall–Kier alpha value is -2.15. The minimum atomic E-state index is -0.977. The van der Waals surface area contributed by atoms with Crippen molar-refractivity contribution < 1.29 is 14.7 Å². The number of carboxylic acid groups (broad SMARTS) is 1. The first-order valence-corrected chi connectivity index (χ1v) is 8.90. The van der Waals surface area contributed by atoms with E-state index < -0.39 is 5.97 Å². The standard InChI is InChI=1S/C17H21N3O3S/c1-4-19-8-12(11(3)18-19)9-20(13-5-6-13)16(21)14-7-10(2)15(24-14)17(22)23/h7-8,13H,4-6,9H2,1-3H3,(H,22,23). The predicted molar refractivity (Wildman–Crippen MR) is 91.5 cm³/mol. The van der Waals surface area contributed by atoms with Crippen molar-refractivity contribution in [2.75, 3.05) is 0 Å². The molecule has 1 saturated carbocycles. The van der Waals surface area contributed by atoms with Gasteiger partial charge in [0.1, 0.15) is 4.88 Å². The van der Waals surface area contributed by atoms with Crippen LogP contribution >= 0.6 is 11.3 Å². The largest absolute Gasteiger partial charge is 0.477 e. The number of aromatic carboxylic acids is 1. The van der Waals surface area contributed by atoms with Crippen LogP contribution in [0.15, 0.2) is 12.3 Å². The van der Waals surface area contributed by atoms with Crippen LogP contribution in [0.2, 0.25) is 0 Å². The fourth-order valence-corrected chi connectivity index (χ4v) is 3.72. The number of thiophene rings is 1. The smallest absolute Gasteiger partial charge is 0.346 e. The van der Waals surface area contributed by atoms with Gasteiger partial charge in [-0.05, 0) is 45.2 Å². The molecule has 0 atom stereocenters. The molecule has 1 N–H and O–H groups in total. The lowest BCUT2D eigenvalue weighted by atomic mass is 10.2. The van der Waals surface area contributed by atoms with E-state index in [1.54, 1.807) is 13.0 Å². The highest BCUT2D eigenvalue weighted by Crippen LogP contribution is 2.32. The third-order valence-electron chi connectivity index (χ3n) is 4.28. The van der Waals surface area contributed by atoms with Crippen LogP contribution in [0.5, 0.6) is 0 Å². The van der Waals surface area contributed by atoms with E-state index in [-0.39, 0.29) is 16.8 Å². The van der Waals surface area contributed by atoms with Gasteiger partial charge in [-0.25, -0.2) is 4.79 Å². The van der Waals surface area contributed by atoms with E-state index in [9.17, 15) is 14.7 Å². The van der Waals surface area contributed by atoms with Crippen molar-refractivity contribution in [3.63, 3.8) is 0 Å². The molecule has 7 heteroatoms. The number of carbonyl (C=O) groups excluding carboxylic acids is 1. The lowest BCUT2D eigenvalue weighted by molar-refractivity contribution is 0.0700. The lowest BCUT2D eigenvalue weighted by Gasteiger charge is -2.21. The molecule has 0 aliphatic heterocycles.